The monoisotopic (exact) mass is 442 g/mol. The highest BCUT2D eigenvalue weighted by Gasteiger charge is 2.35. The van der Waals surface area contributed by atoms with Gasteiger partial charge in [-0.05, 0) is 50.7 Å². The first-order valence-electron chi connectivity index (χ1n) is 12.7. The van der Waals surface area contributed by atoms with Gasteiger partial charge in [0.1, 0.15) is 19.5 Å². The number of benzene rings is 1. The normalized spacial score (nSPS) is 12.2. The maximum atomic E-state index is 5.16. The van der Waals surface area contributed by atoms with Crippen molar-refractivity contribution in [3.8, 4) is 22.6 Å². The number of aromatic nitrogens is 4. The van der Waals surface area contributed by atoms with Crippen molar-refractivity contribution >= 4 is 13.3 Å². The molecule has 0 saturated carbocycles. The molecule has 0 unspecified atom stereocenters. The van der Waals surface area contributed by atoms with E-state index in [0.29, 0.717) is 0 Å². The highest BCUT2D eigenvalue weighted by Crippen LogP contribution is 2.38. The Morgan fingerprint density at radius 2 is 1.06 bits per heavy atom. The van der Waals surface area contributed by atoms with E-state index in [1.54, 1.807) is 0 Å². The van der Waals surface area contributed by atoms with E-state index < -0.39 is 0 Å². The zero-order chi connectivity index (χ0) is 24.1. The molecule has 2 heterocycles. The summed E-state index contributed by atoms with van der Waals surface area (Å²) < 4.78 is 0. The molecular formula is C28H39BN4. The van der Waals surface area contributed by atoms with Crippen molar-refractivity contribution in [1.29, 1.82) is 0 Å². The molecule has 2 aromatic heterocycles. The van der Waals surface area contributed by atoms with Crippen LogP contribution < -0.4 is 5.46 Å². The average Bonchev–Trinajstić information content (AvgIpc) is 2.87. The van der Waals surface area contributed by atoms with Crippen molar-refractivity contribution in [3.63, 3.8) is 0 Å². The van der Waals surface area contributed by atoms with Crippen LogP contribution in [0.15, 0.2) is 42.6 Å². The molecule has 5 heteroatoms. The third-order valence-corrected chi connectivity index (χ3v) is 8.01. The van der Waals surface area contributed by atoms with Crippen LogP contribution in [0.2, 0.25) is 0 Å². The van der Waals surface area contributed by atoms with Gasteiger partial charge in [0.25, 0.3) is 0 Å². The van der Waals surface area contributed by atoms with Crippen molar-refractivity contribution in [3.05, 3.63) is 54.2 Å². The summed E-state index contributed by atoms with van der Waals surface area (Å²) >= 11 is 0. The summed E-state index contributed by atoms with van der Waals surface area (Å²) in [5.74, 6) is 2.63. The Balaban J connectivity index is 2.15. The predicted octanol–water partition coefficient (Wildman–Crippen LogP) is 5.79. The van der Waals surface area contributed by atoms with Gasteiger partial charge in [-0.1, -0.05) is 71.3 Å². The third-order valence-electron chi connectivity index (χ3n) is 8.01. The van der Waals surface area contributed by atoms with Crippen LogP contribution in [-0.4, -0.2) is 27.8 Å². The first-order chi connectivity index (χ1) is 15.9. The van der Waals surface area contributed by atoms with Gasteiger partial charge in [-0.25, -0.2) is 15.0 Å². The molecule has 0 amide bonds. The smallest absolute Gasteiger partial charge is 0.164 e. The van der Waals surface area contributed by atoms with Gasteiger partial charge in [0.05, 0.1) is 5.69 Å². The van der Waals surface area contributed by atoms with Crippen LogP contribution in [0, 0.1) is 0 Å². The van der Waals surface area contributed by atoms with Crippen molar-refractivity contribution < 1.29 is 0 Å². The van der Waals surface area contributed by atoms with Crippen LogP contribution in [0.3, 0.4) is 0 Å². The second-order valence-electron chi connectivity index (χ2n) is 9.29. The molecule has 1 aromatic carbocycles. The van der Waals surface area contributed by atoms with E-state index in [-0.39, 0.29) is 10.8 Å². The highest BCUT2D eigenvalue weighted by atomic mass is 15.1. The van der Waals surface area contributed by atoms with Gasteiger partial charge in [-0.15, -0.1) is 0 Å². The van der Waals surface area contributed by atoms with Crippen LogP contribution in [0.4, 0.5) is 0 Å². The molecule has 0 N–H and O–H groups in total. The van der Waals surface area contributed by atoms with Gasteiger partial charge in [-0.2, -0.15) is 0 Å². The Kier molecular flexibility index (Phi) is 8.04. The van der Waals surface area contributed by atoms with E-state index >= 15 is 0 Å². The van der Waals surface area contributed by atoms with Crippen molar-refractivity contribution in [1.82, 2.24) is 19.9 Å². The SMILES string of the molecule is Bc1ccc(-c2ccc(-c3nc(C(CC)(CC)CC)nc(C(CC)(CC)CC)n3)cn2)cc1. The van der Waals surface area contributed by atoms with Gasteiger partial charge < -0.3 is 0 Å². The second-order valence-corrected chi connectivity index (χ2v) is 9.29. The third kappa shape index (κ3) is 4.88. The fourth-order valence-corrected chi connectivity index (χ4v) is 4.85. The van der Waals surface area contributed by atoms with Crippen LogP contribution in [0.5, 0.6) is 0 Å². The zero-order valence-corrected chi connectivity index (χ0v) is 21.6. The van der Waals surface area contributed by atoms with Crippen LogP contribution >= 0.6 is 0 Å². The summed E-state index contributed by atoms with van der Waals surface area (Å²) in [7, 11) is 2.10. The van der Waals surface area contributed by atoms with Gasteiger partial charge in [0.2, 0.25) is 0 Å². The summed E-state index contributed by atoms with van der Waals surface area (Å²) in [5, 5.41) is 0. The number of rotatable bonds is 10. The van der Waals surface area contributed by atoms with Crippen molar-refractivity contribution in [2.45, 2.75) is 90.9 Å². The van der Waals surface area contributed by atoms with E-state index in [9.17, 15) is 0 Å². The molecule has 0 radical (unpaired) electrons. The first-order valence-corrected chi connectivity index (χ1v) is 12.7. The van der Waals surface area contributed by atoms with Crippen LogP contribution in [-0.2, 0) is 10.8 Å². The summed E-state index contributed by atoms with van der Waals surface area (Å²) in [6.45, 7) is 13.5. The molecule has 3 rings (SSSR count). The van der Waals surface area contributed by atoms with Gasteiger partial charge in [0.15, 0.2) is 5.82 Å². The van der Waals surface area contributed by atoms with E-state index in [4.69, 9.17) is 19.9 Å². The Hall–Kier alpha value is -2.56. The molecule has 174 valence electrons. The minimum Gasteiger partial charge on any atom is -0.255 e. The van der Waals surface area contributed by atoms with Gasteiger partial charge in [0, 0.05) is 28.2 Å². The van der Waals surface area contributed by atoms with E-state index in [2.05, 4.69) is 85.8 Å². The molecule has 4 nitrogen and oxygen atoms in total. The number of nitrogens with zero attached hydrogens (tertiary/aromatic N) is 4. The zero-order valence-electron chi connectivity index (χ0n) is 21.6. The summed E-state index contributed by atoms with van der Waals surface area (Å²) in [6.07, 6.45) is 8.02. The lowest BCUT2D eigenvalue weighted by molar-refractivity contribution is 0.330. The van der Waals surface area contributed by atoms with E-state index in [1.165, 1.54) is 5.46 Å². The summed E-state index contributed by atoms with van der Waals surface area (Å²) in [4.78, 5) is 20.0. The van der Waals surface area contributed by atoms with Crippen LogP contribution in [0.1, 0.15) is 91.7 Å². The topological polar surface area (TPSA) is 51.6 Å². The van der Waals surface area contributed by atoms with Gasteiger partial charge >= 0.3 is 0 Å². The van der Waals surface area contributed by atoms with Crippen LogP contribution in [0.25, 0.3) is 22.6 Å². The largest absolute Gasteiger partial charge is 0.255 e. The molecule has 3 aromatic rings. The molecule has 0 bridgehead atoms. The lowest BCUT2D eigenvalue weighted by Gasteiger charge is -2.33. The molecule has 0 fully saturated rings. The number of hydrogen-bond donors (Lipinski definition) is 0. The summed E-state index contributed by atoms with van der Waals surface area (Å²) in [5.41, 5.74) is 4.23. The maximum Gasteiger partial charge on any atom is 0.164 e. The van der Waals surface area contributed by atoms with Gasteiger partial charge in [-0.3, -0.25) is 4.98 Å². The predicted molar refractivity (Wildman–Crippen MR) is 142 cm³/mol. The number of hydrogen-bond acceptors (Lipinski definition) is 4. The highest BCUT2D eigenvalue weighted by molar-refractivity contribution is 6.32. The molecule has 33 heavy (non-hydrogen) atoms. The van der Waals surface area contributed by atoms with Crippen molar-refractivity contribution in [2.24, 2.45) is 0 Å². The minimum atomic E-state index is -0.0251. The van der Waals surface area contributed by atoms with Crippen molar-refractivity contribution in [2.75, 3.05) is 0 Å². The molecule has 0 aliphatic heterocycles. The Morgan fingerprint density at radius 1 is 0.606 bits per heavy atom. The molecule has 0 spiro atoms. The molecule has 0 aliphatic rings. The standard InChI is InChI=1S/C28H39BN4/c1-7-27(8-2,9-3)25-31-24(32-26(33-25)28(10-4,11-5)12-6)21-15-18-23(30-19-21)20-13-16-22(29)17-14-20/h13-19H,7-12,29H2,1-6H3. The number of pyridine rings is 1. The van der Waals surface area contributed by atoms with E-state index in [0.717, 1.165) is 72.8 Å². The molecule has 0 saturated heterocycles. The lowest BCUT2D eigenvalue weighted by atomic mass is 9.77. The molecular weight excluding hydrogens is 403 g/mol. The van der Waals surface area contributed by atoms with E-state index in [1.807, 2.05) is 6.20 Å². The summed E-state index contributed by atoms with van der Waals surface area (Å²) in [6, 6.07) is 12.6. The Labute approximate surface area is 201 Å². The minimum absolute atomic E-state index is 0.0251. The lowest BCUT2D eigenvalue weighted by Crippen LogP contribution is -2.32. The Bertz CT molecular complexity index is 982. The fraction of sp³-hybridized carbons (Fsp3) is 0.500. The fourth-order valence-electron chi connectivity index (χ4n) is 4.85. The second kappa shape index (κ2) is 10.6. The Morgan fingerprint density at radius 3 is 1.45 bits per heavy atom. The first kappa shape index (κ1) is 25.1. The quantitative estimate of drug-likeness (QED) is 0.373. The average molecular weight is 442 g/mol. The maximum absolute atomic E-state index is 5.16. The molecule has 0 atom stereocenters. The molecule has 0 aliphatic carbocycles.